The van der Waals surface area contributed by atoms with Gasteiger partial charge in [-0.2, -0.15) is 8.42 Å². The molecule has 0 spiro atoms. The van der Waals surface area contributed by atoms with E-state index in [0.717, 1.165) is 31.1 Å². The summed E-state index contributed by atoms with van der Waals surface area (Å²) in [7, 11) is -5.54. The van der Waals surface area contributed by atoms with Gasteiger partial charge in [0.25, 0.3) is 10.1 Å². The summed E-state index contributed by atoms with van der Waals surface area (Å²) in [6.07, 6.45) is 2.77. The zero-order valence-electron chi connectivity index (χ0n) is 24.6. The summed E-state index contributed by atoms with van der Waals surface area (Å²) >= 11 is 0. The summed E-state index contributed by atoms with van der Waals surface area (Å²) in [4.78, 5) is 11.3. The number of nitrogens with one attached hydrogen (secondary N) is 1. The first-order valence-electron chi connectivity index (χ1n) is 13.7. The predicted octanol–water partition coefficient (Wildman–Crippen LogP) is 6.39. The molecule has 0 aliphatic heterocycles. The van der Waals surface area contributed by atoms with Crippen LogP contribution in [0.3, 0.4) is 0 Å². The highest BCUT2D eigenvalue weighted by Gasteiger charge is 2.43. The minimum atomic E-state index is -3.70. The van der Waals surface area contributed by atoms with E-state index in [1.54, 1.807) is 0 Å². The van der Waals surface area contributed by atoms with Crippen molar-refractivity contribution in [3.63, 3.8) is 0 Å². The number of carboxylic acid groups (broad SMARTS) is 1. The number of amides is 1. The average molecular weight is 578 g/mol. The Morgan fingerprint density at radius 3 is 2.08 bits per heavy atom. The van der Waals surface area contributed by atoms with E-state index in [2.05, 4.69) is 70.4 Å². The monoisotopic (exact) mass is 577 g/mol. The van der Waals surface area contributed by atoms with Crippen molar-refractivity contribution in [2.45, 2.75) is 76.9 Å². The minimum Gasteiger partial charge on any atom is -0.465 e. The van der Waals surface area contributed by atoms with E-state index in [-0.39, 0.29) is 18.2 Å². The lowest BCUT2D eigenvalue weighted by Gasteiger charge is -2.42. The molecule has 0 saturated heterocycles. The van der Waals surface area contributed by atoms with E-state index < -0.39 is 29.9 Å². The molecule has 0 saturated carbocycles. The van der Waals surface area contributed by atoms with Gasteiger partial charge in [-0.3, -0.25) is 4.18 Å². The maximum Gasteiger partial charge on any atom is 0.404 e. The standard InChI is InChI=1S/C30H47NO6SSi/c1-24(2)29(3,4)39(6,7)37-21-19-26-17-15-25(16-18-26)12-11-20-30(22-31-28(32)33,23-36-38(5,34)35)27-13-9-8-10-14-27/h8-10,13-18,24,31H,11-12,19-23H2,1-7H3,(H,32,33). The van der Waals surface area contributed by atoms with E-state index >= 15 is 0 Å². The van der Waals surface area contributed by atoms with Crippen LogP contribution in [0.1, 0.15) is 57.2 Å². The van der Waals surface area contributed by atoms with Crippen LogP contribution < -0.4 is 5.32 Å². The van der Waals surface area contributed by atoms with Crippen LogP contribution in [0, 0.1) is 5.92 Å². The fraction of sp³-hybridized carbons (Fsp3) is 0.567. The molecule has 1 amide bonds. The van der Waals surface area contributed by atoms with Crippen molar-refractivity contribution in [2.75, 3.05) is 26.0 Å². The van der Waals surface area contributed by atoms with E-state index in [0.29, 0.717) is 18.9 Å². The largest absolute Gasteiger partial charge is 0.465 e. The summed E-state index contributed by atoms with van der Waals surface area (Å²) < 4.78 is 35.3. The van der Waals surface area contributed by atoms with Gasteiger partial charge in [0.1, 0.15) is 0 Å². The van der Waals surface area contributed by atoms with Gasteiger partial charge in [0.05, 0.1) is 12.9 Å². The highest BCUT2D eigenvalue weighted by molar-refractivity contribution is 7.85. The van der Waals surface area contributed by atoms with E-state index in [1.807, 2.05) is 30.3 Å². The van der Waals surface area contributed by atoms with Crippen LogP contribution in [0.5, 0.6) is 0 Å². The second-order valence-corrected chi connectivity index (χ2v) is 18.2. The third-order valence-corrected chi connectivity index (χ3v) is 13.7. The lowest BCUT2D eigenvalue weighted by atomic mass is 9.76. The fourth-order valence-corrected chi connectivity index (χ4v) is 7.42. The molecule has 0 bridgehead atoms. The van der Waals surface area contributed by atoms with Crippen molar-refractivity contribution in [3.8, 4) is 0 Å². The molecule has 0 heterocycles. The SMILES string of the molecule is CC(C)C(C)(C)[Si](C)(C)OCCc1ccc(CCCC(CNC(=O)O)(COS(C)(=O)=O)c2ccccc2)cc1. The van der Waals surface area contributed by atoms with E-state index in [9.17, 15) is 18.3 Å². The first kappa shape index (κ1) is 33.0. The molecule has 0 aliphatic rings. The van der Waals surface area contributed by atoms with Gasteiger partial charge in [-0.1, -0.05) is 82.3 Å². The molecule has 9 heteroatoms. The van der Waals surface area contributed by atoms with Crippen molar-refractivity contribution in [1.82, 2.24) is 5.32 Å². The molecule has 1 atom stereocenters. The molecule has 2 rings (SSSR count). The third kappa shape index (κ3) is 10.0. The van der Waals surface area contributed by atoms with Gasteiger partial charge < -0.3 is 14.8 Å². The van der Waals surface area contributed by atoms with Crippen molar-refractivity contribution in [3.05, 3.63) is 71.3 Å². The number of aryl methyl sites for hydroxylation is 1. The van der Waals surface area contributed by atoms with E-state index in [4.69, 9.17) is 8.61 Å². The molecule has 0 aliphatic carbocycles. The topological polar surface area (TPSA) is 102 Å². The van der Waals surface area contributed by atoms with Gasteiger partial charge >= 0.3 is 6.09 Å². The van der Waals surface area contributed by atoms with Crippen LogP contribution in [0.15, 0.2) is 54.6 Å². The minimum absolute atomic E-state index is 0.0497. The second-order valence-electron chi connectivity index (χ2n) is 11.9. The summed E-state index contributed by atoms with van der Waals surface area (Å²) in [5.41, 5.74) is 2.43. The Kier molecular flexibility index (Phi) is 11.8. The summed E-state index contributed by atoms with van der Waals surface area (Å²) in [6, 6.07) is 17.9. The fourth-order valence-electron chi connectivity index (χ4n) is 4.61. The maximum atomic E-state index is 11.8. The van der Waals surface area contributed by atoms with Gasteiger partial charge in [0.2, 0.25) is 0 Å². The average Bonchev–Trinajstić information content (AvgIpc) is 2.86. The number of carbonyl (C=O) groups is 1. The van der Waals surface area contributed by atoms with Crippen LogP contribution in [0.4, 0.5) is 4.79 Å². The number of hydrogen-bond donors (Lipinski definition) is 2. The molecule has 0 radical (unpaired) electrons. The Morgan fingerprint density at radius 1 is 1.00 bits per heavy atom. The van der Waals surface area contributed by atoms with Crippen LogP contribution in [-0.2, 0) is 37.0 Å². The zero-order valence-corrected chi connectivity index (χ0v) is 26.4. The van der Waals surface area contributed by atoms with Gasteiger partial charge in [0, 0.05) is 18.6 Å². The van der Waals surface area contributed by atoms with Crippen LogP contribution >= 0.6 is 0 Å². The Balaban J connectivity index is 2.05. The third-order valence-electron chi connectivity index (χ3n) is 8.51. The lowest BCUT2D eigenvalue weighted by molar-refractivity contribution is 0.176. The number of hydrogen-bond acceptors (Lipinski definition) is 5. The summed E-state index contributed by atoms with van der Waals surface area (Å²) in [5, 5.41) is 11.9. The Labute approximate surface area is 236 Å². The molecule has 2 aromatic carbocycles. The molecule has 39 heavy (non-hydrogen) atoms. The molecule has 0 fully saturated rings. The summed E-state index contributed by atoms with van der Waals surface area (Å²) in [6.45, 7) is 14.4. The van der Waals surface area contributed by atoms with Crippen LogP contribution in [0.25, 0.3) is 0 Å². The number of rotatable bonds is 16. The van der Waals surface area contributed by atoms with Crippen LogP contribution in [0.2, 0.25) is 18.1 Å². The highest BCUT2D eigenvalue weighted by Crippen LogP contribution is 2.44. The van der Waals surface area contributed by atoms with Crippen molar-refractivity contribution in [1.29, 1.82) is 0 Å². The van der Waals surface area contributed by atoms with Gasteiger partial charge in [-0.15, -0.1) is 0 Å². The molecule has 0 aromatic heterocycles. The molecule has 2 aromatic rings. The van der Waals surface area contributed by atoms with Gasteiger partial charge in [0.15, 0.2) is 8.32 Å². The highest BCUT2D eigenvalue weighted by atomic mass is 32.2. The normalized spacial score (nSPS) is 14.3. The molecule has 1 unspecified atom stereocenters. The molecular formula is C30H47NO6SSi. The quantitative estimate of drug-likeness (QED) is 0.177. The molecule has 218 valence electrons. The maximum absolute atomic E-state index is 11.8. The van der Waals surface area contributed by atoms with Crippen molar-refractivity contribution >= 4 is 24.5 Å². The smallest absolute Gasteiger partial charge is 0.404 e. The van der Waals surface area contributed by atoms with E-state index in [1.165, 1.54) is 11.1 Å². The van der Waals surface area contributed by atoms with Crippen molar-refractivity contribution in [2.24, 2.45) is 5.92 Å². The van der Waals surface area contributed by atoms with Crippen molar-refractivity contribution < 1.29 is 26.9 Å². The Hall–Kier alpha value is -2.20. The Bertz CT molecular complexity index is 1150. The number of benzene rings is 2. The molecular weight excluding hydrogens is 530 g/mol. The van der Waals surface area contributed by atoms with Gasteiger partial charge in [-0.25, -0.2) is 4.79 Å². The van der Waals surface area contributed by atoms with Gasteiger partial charge in [-0.05, 0) is 66.4 Å². The summed E-state index contributed by atoms with van der Waals surface area (Å²) in [5.74, 6) is 0.567. The molecule has 7 nitrogen and oxygen atoms in total. The first-order chi connectivity index (χ1) is 18.1. The predicted molar refractivity (Wildman–Crippen MR) is 160 cm³/mol. The zero-order chi connectivity index (χ0) is 29.3. The lowest BCUT2D eigenvalue weighted by Crippen LogP contribution is -2.45. The molecule has 2 N–H and O–H groups in total. The first-order valence-corrected chi connectivity index (χ1v) is 18.4. The second kappa shape index (κ2) is 13.9. The Morgan fingerprint density at radius 2 is 1.56 bits per heavy atom. The van der Waals surface area contributed by atoms with Crippen LogP contribution in [-0.4, -0.2) is 53.9 Å².